The number of aromatic hydroxyl groups is 1. The smallest absolute Gasteiger partial charge is 0.407 e. The van der Waals surface area contributed by atoms with E-state index in [4.69, 9.17) is 9.47 Å². The third-order valence-electron chi connectivity index (χ3n) is 4.72. The summed E-state index contributed by atoms with van der Waals surface area (Å²) in [5.74, 6) is 0.372. The fraction of sp³-hybridized carbons (Fsp3) is 0.591. The van der Waals surface area contributed by atoms with E-state index < -0.39 is 17.8 Å². The van der Waals surface area contributed by atoms with Gasteiger partial charge in [0.15, 0.2) is 6.10 Å². The normalized spacial score (nSPS) is 15.7. The molecule has 1 heterocycles. The molecule has 3 amide bonds. The van der Waals surface area contributed by atoms with Crippen LogP contribution in [-0.4, -0.2) is 65.3 Å². The van der Waals surface area contributed by atoms with Gasteiger partial charge in [-0.05, 0) is 64.8 Å². The number of nitrogens with one attached hydrogen (secondary N) is 2. The molecule has 0 aliphatic carbocycles. The van der Waals surface area contributed by atoms with Crippen LogP contribution in [0.5, 0.6) is 11.5 Å². The highest BCUT2D eigenvalue weighted by Gasteiger charge is 2.26. The van der Waals surface area contributed by atoms with Gasteiger partial charge in [0.1, 0.15) is 17.1 Å². The fourth-order valence-electron chi connectivity index (χ4n) is 3.12. The highest BCUT2D eigenvalue weighted by Crippen LogP contribution is 2.18. The lowest BCUT2D eigenvalue weighted by molar-refractivity contribution is -0.132. The third-order valence-corrected chi connectivity index (χ3v) is 4.72. The van der Waals surface area contributed by atoms with Crippen LogP contribution in [0.4, 0.5) is 4.79 Å². The van der Waals surface area contributed by atoms with Gasteiger partial charge in [0.2, 0.25) is 5.91 Å². The van der Waals surface area contributed by atoms with Gasteiger partial charge in [-0.3, -0.25) is 9.59 Å². The number of ether oxygens (including phenoxy) is 2. The number of alkyl carbamates (subject to hydrolysis) is 1. The zero-order valence-corrected chi connectivity index (χ0v) is 18.6. The zero-order chi connectivity index (χ0) is 23.0. The number of hydrogen-bond acceptors (Lipinski definition) is 6. The van der Waals surface area contributed by atoms with E-state index in [0.717, 1.165) is 0 Å². The molecule has 1 atom stereocenters. The van der Waals surface area contributed by atoms with Crippen molar-refractivity contribution >= 4 is 17.9 Å². The molecular formula is C22H33N3O6. The van der Waals surface area contributed by atoms with Gasteiger partial charge in [-0.25, -0.2) is 4.79 Å². The monoisotopic (exact) mass is 435 g/mol. The summed E-state index contributed by atoms with van der Waals surface area (Å²) >= 11 is 0. The molecular weight excluding hydrogens is 402 g/mol. The largest absolute Gasteiger partial charge is 0.508 e. The van der Waals surface area contributed by atoms with Crippen molar-refractivity contribution in [2.45, 2.75) is 64.7 Å². The average molecular weight is 436 g/mol. The highest BCUT2D eigenvalue weighted by molar-refractivity contribution is 5.81. The molecule has 172 valence electrons. The van der Waals surface area contributed by atoms with Crippen LogP contribution in [-0.2, 0) is 14.3 Å². The Hall–Kier alpha value is -2.97. The SMILES string of the molecule is CC(Oc1ccc(O)cc1)C(=O)NC1CCN(C(=O)CCNC(=O)OC(C)(C)C)CC1. The lowest BCUT2D eigenvalue weighted by atomic mass is 10.0. The van der Waals surface area contributed by atoms with Crippen molar-refractivity contribution in [2.24, 2.45) is 0 Å². The first kappa shape index (κ1) is 24.3. The number of hydrogen-bond donors (Lipinski definition) is 3. The number of phenols is 1. The Morgan fingerprint density at radius 3 is 2.35 bits per heavy atom. The van der Waals surface area contributed by atoms with Gasteiger partial charge >= 0.3 is 6.09 Å². The number of phenolic OH excluding ortho intramolecular Hbond substituents is 1. The van der Waals surface area contributed by atoms with Crippen molar-refractivity contribution < 1.29 is 29.0 Å². The average Bonchev–Trinajstić information content (AvgIpc) is 2.68. The number of amides is 3. The maximum Gasteiger partial charge on any atom is 0.407 e. The topological polar surface area (TPSA) is 117 Å². The molecule has 2 rings (SSSR count). The molecule has 1 aromatic rings. The van der Waals surface area contributed by atoms with E-state index in [1.54, 1.807) is 44.7 Å². The minimum atomic E-state index is -0.678. The van der Waals surface area contributed by atoms with E-state index in [1.807, 2.05) is 0 Å². The van der Waals surface area contributed by atoms with Gasteiger partial charge in [0.25, 0.3) is 5.91 Å². The summed E-state index contributed by atoms with van der Waals surface area (Å²) in [7, 11) is 0. The van der Waals surface area contributed by atoms with E-state index in [-0.39, 0.29) is 36.6 Å². The lowest BCUT2D eigenvalue weighted by Gasteiger charge is -2.33. The fourth-order valence-corrected chi connectivity index (χ4v) is 3.12. The van der Waals surface area contributed by atoms with Gasteiger partial charge in [-0.15, -0.1) is 0 Å². The molecule has 1 fully saturated rings. The number of carbonyl (C=O) groups excluding carboxylic acids is 3. The molecule has 1 aliphatic rings. The summed E-state index contributed by atoms with van der Waals surface area (Å²) in [5, 5.41) is 14.9. The Labute approximate surface area is 183 Å². The van der Waals surface area contributed by atoms with Crippen LogP contribution in [0.15, 0.2) is 24.3 Å². The summed E-state index contributed by atoms with van der Waals surface area (Å²) in [6.45, 7) is 8.31. The van der Waals surface area contributed by atoms with E-state index in [9.17, 15) is 19.5 Å². The first-order valence-electron chi connectivity index (χ1n) is 10.5. The van der Waals surface area contributed by atoms with E-state index in [1.165, 1.54) is 12.1 Å². The lowest BCUT2D eigenvalue weighted by Crippen LogP contribution is -2.49. The van der Waals surface area contributed by atoms with Crippen molar-refractivity contribution in [3.8, 4) is 11.5 Å². The quantitative estimate of drug-likeness (QED) is 0.604. The van der Waals surface area contributed by atoms with Crippen molar-refractivity contribution in [1.29, 1.82) is 0 Å². The predicted octanol–water partition coefficient (Wildman–Crippen LogP) is 2.18. The Bertz CT molecular complexity index is 752. The van der Waals surface area contributed by atoms with Crippen LogP contribution in [0.2, 0.25) is 0 Å². The van der Waals surface area contributed by atoms with E-state index >= 15 is 0 Å². The van der Waals surface area contributed by atoms with E-state index in [0.29, 0.717) is 31.7 Å². The first-order chi connectivity index (χ1) is 14.5. The highest BCUT2D eigenvalue weighted by atomic mass is 16.6. The third kappa shape index (κ3) is 8.74. The van der Waals surface area contributed by atoms with Crippen LogP contribution < -0.4 is 15.4 Å². The minimum Gasteiger partial charge on any atom is -0.508 e. The molecule has 1 unspecified atom stereocenters. The second kappa shape index (κ2) is 10.9. The Morgan fingerprint density at radius 1 is 1.16 bits per heavy atom. The molecule has 0 saturated carbocycles. The Balaban J connectivity index is 1.67. The van der Waals surface area contributed by atoms with Crippen LogP contribution in [0.3, 0.4) is 0 Å². The van der Waals surface area contributed by atoms with Gasteiger partial charge in [0, 0.05) is 32.1 Å². The van der Waals surface area contributed by atoms with Crippen LogP contribution in [0.25, 0.3) is 0 Å². The van der Waals surface area contributed by atoms with Gasteiger partial charge in [-0.1, -0.05) is 0 Å². The summed E-state index contributed by atoms with van der Waals surface area (Å²) < 4.78 is 10.7. The molecule has 31 heavy (non-hydrogen) atoms. The van der Waals surface area contributed by atoms with Gasteiger partial charge in [-0.2, -0.15) is 0 Å². The summed E-state index contributed by atoms with van der Waals surface area (Å²) in [4.78, 5) is 38.1. The van der Waals surface area contributed by atoms with Gasteiger partial charge < -0.3 is 30.1 Å². The van der Waals surface area contributed by atoms with Crippen LogP contribution in [0.1, 0.15) is 47.0 Å². The zero-order valence-electron chi connectivity index (χ0n) is 18.6. The number of rotatable bonds is 7. The molecule has 1 aromatic carbocycles. The van der Waals surface area contributed by atoms with Crippen molar-refractivity contribution in [3.63, 3.8) is 0 Å². The summed E-state index contributed by atoms with van der Waals surface area (Å²) in [6.07, 6.45) is 0.299. The molecule has 9 heteroatoms. The summed E-state index contributed by atoms with van der Waals surface area (Å²) in [5.41, 5.74) is -0.576. The predicted molar refractivity (Wildman–Crippen MR) is 115 cm³/mol. The maximum absolute atomic E-state index is 12.4. The van der Waals surface area contributed by atoms with Crippen molar-refractivity contribution in [3.05, 3.63) is 24.3 Å². The number of piperidine rings is 1. The minimum absolute atomic E-state index is 0.0256. The summed E-state index contributed by atoms with van der Waals surface area (Å²) in [6, 6.07) is 6.16. The number of nitrogens with zero attached hydrogens (tertiary/aromatic N) is 1. The Morgan fingerprint density at radius 2 is 1.77 bits per heavy atom. The molecule has 1 saturated heterocycles. The second-order valence-electron chi connectivity index (χ2n) is 8.60. The van der Waals surface area contributed by atoms with Crippen LogP contribution >= 0.6 is 0 Å². The Kier molecular flexibility index (Phi) is 8.53. The number of likely N-dealkylation sites (tertiary alicyclic amines) is 1. The molecule has 3 N–H and O–H groups in total. The van der Waals surface area contributed by atoms with Crippen LogP contribution in [0, 0.1) is 0 Å². The van der Waals surface area contributed by atoms with E-state index in [2.05, 4.69) is 10.6 Å². The van der Waals surface area contributed by atoms with Crippen molar-refractivity contribution in [1.82, 2.24) is 15.5 Å². The van der Waals surface area contributed by atoms with Gasteiger partial charge in [0.05, 0.1) is 0 Å². The standard InChI is InChI=1S/C22H33N3O6/c1-15(30-18-7-5-17(26)6-8-18)20(28)24-16-10-13-25(14-11-16)19(27)9-12-23-21(29)31-22(2,3)4/h5-8,15-16,26H,9-14H2,1-4H3,(H,23,29)(H,24,28). The molecule has 0 radical (unpaired) electrons. The first-order valence-corrected chi connectivity index (χ1v) is 10.5. The molecule has 0 spiro atoms. The molecule has 0 bridgehead atoms. The molecule has 0 aromatic heterocycles. The maximum atomic E-state index is 12.4. The van der Waals surface area contributed by atoms with Crippen molar-refractivity contribution in [2.75, 3.05) is 19.6 Å². The molecule has 9 nitrogen and oxygen atoms in total. The second-order valence-corrected chi connectivity index (χ2v) is 8.60. The number of benzene rings is 1. The molecule has 1 aliphatic heterocycles. The number of carbonyl (C=O) groups is 3.